The van der Waals surface area contributed by atoms with Crippen LogP contribution < -0.4 is 4.90 Å². The summed E-state index contributed by atoms with van der Waals surface area (Å²) >= 11 is 0. The predicted octanol–water partition coefficient (Wildman–Crippen LogP) is 2.38. The van der Waals surface area contributed by atoms with E-state index in [-0.39, 0.29) is 5.60 Å². The molecule has 1 saturated heterocycles. The molecule has 0 N–H and O–H groups in total. The first-order valence-corrected chi connectivity index (χ1v) is 6.41. The molecule has 0 aromatic heterocycles. The first-order valence-electron chi connectivity index (χ1n) is 6.41. The van der Waals surface area contributed by atoms with Crippen molar-refractivity contribution in [2.24, 2.45) is 0 Å². The van der Waals surface area contributed by atoms with Gasteiger partial charge in [-0.3, -0.25) is 4.79 Å². The topological polar surface area (TPSA) is 53.3 Å². The fraction of sp³-hybridized carbons (Fsp3) is 0.467. The molecule has 19 heavy (non-hydrogen) atoms. The maximum atomic E-state index is 10.8. The van der Waals surface area contributed by atoms with Gasteiger partial charge in [0.25, 0.3) is 0 Å². The van der Waals surface area contributed by atoms with E-state index in [0.717, 1.165) is 37.9 Å². The Balaban J connectivity index is 2.31. The van der Waals surface area contributed by atoms with Gasteiger partial charge in [0.2, 0.25) is 0 Å². The van der Waals surface area contributed by atoms with Crippen molar-refractivity contribution < 1.29 is 9.53 Å². The Bertz CT molecular complexity index is 521. The predicted molar refractivity (Wildman–Crippen MR) is 73.4 cm³/mol. The van der Waals surface area contributed by atoms with Gasteiger partial charge in [0, 0.05) is 25.8 Å². The van der Waals surface area contributed by atoms with Gasteiger partial charge < -0.3 is 9.64 Å². The van der Waals surface area contributed by atoms with E-state index >= 15 is 0 Å². The molecule has 0 amide bonds. The lowest BCUT2D eigenvalue weighted by atomic mass is 9.93. The van der Waals surface area contributed by atoms with Crippen molar-refractivity contribution >= 4 is 12.0 Å². The molecule has 2 rings (SSSR count). The summed E-state index contributed by atoms with van der Waals surface area (Å²) in [5.41, 5.74) is 1.79. The highest BCUT2D eigenvalue weighted by atomic mass is 16.5. The minimum atomic E-state index is -0.172. The second-order valence-electron chi connectivity index (χ2n) is 5.19. The highest BCUT2D eigenvalue weighted by molar-refractivity contribution is 5.78. The van der Waals surface area contributed by atoms with Crippen LogP contribution in [0.25, 0.3) is 0 Å². The zero-order chi connectivity index (χ0) is 13.9. The van der Waals surface area contributed by atoms with Crippen LogP contribution in [0.2, 0.25) is 0 Å². The van der Waals surface area contributed by atoms with E-state index in [1.807, 2.05) is 6.07 Å². The third kappa shape index (κ3) is 2.77. The van der Waals surface area contributed by atoms with E-state index in [0.29, 0.717) is 11.1 Å². The normalized spacial score (nSPS) is 22.9. The molecule has 1 unspecified atom stereocenters. The minimum absolute atomic E-state index is 0.172. The lowest BCUT2D eigenvalue weighted by Gasteiger charge is -2.41. The summed E-state index contributed by atoms with van der Waals surface area (Å²) in [6.07, 6.45) is 2.82. The van der Waals surface area contributed by atoms with E-state index < -0.39 is 0 Å². The van der Waals surface area contributed by atoms with Crippen molar-refractivity contribution in [2.75, 3.05) is 25.1 Å². The van der Waals surface area contributed by atoms with Crippen molar-refractivity contribution in [1.29, 1.82) is 5.26 Å². The highest BCUT2D eigenvalue weighted by Crippen LogP contribution is 2.30. The molecule has 1 aliphatic heterocycles. The van der Waals surface area contributed by atoms with Gasteiger partial charge in [-0.05, 0) is 38.0 Å². The van der Waals surface area contributed by atoms with Gasteiger partial charge in [-0.1, -0.05) is 0 Å². The average molecular weight is 258 g/mol. The number of carbonyl (C=O) groups is 1. The number of nitrogens with zero attached hydrogens (tertiary/aromatic N) is 2. The first kappa shape index (κ1) is 13.6. The molecule has 100 valence electrons. The highest BCUT2D eigenvalue weighted by Gasteiger charge is 2.31. The molecule has 4 nitrogen and oxygen atoms in total. The van der Waals surface area contributed by atoms with Gasteiger partial charge in [-0.2, -0.15) is 5.26 Å². The summed E-state index contributed by atoms with van der Waals surface area (Å²) in [7, 11) is 1.73. The Morgan fingerprint density at radius 3 is 2.95 bits per heavy atom. The Kier molecular flexibility index (Phi) is 3.87. The van der Waals surface area contributed by atoms with Crippen molar-refractivity contribution in [3.63, 3.8) is 0 Å². The second-order valence-corrected chi connectivity index (χ2v) is 5.19. The summed E-state index contributed by atoms with van der Waals surface area (Å²) in [6.45, 7) is 3.76. The molecule has 0 bridgehead atoms. The molecule has 4 heteroatoms. The molecular weight excluding hydrogens is 240 g/mol. The quantitative estimate of drug-likeness (QED) is 0.781. The summed E-state index contributed by atoms with van der Waals surface area (Å²) in [4.78, 5) is 12.9. The van der Waals surface area contributed by atoms with E-state index in [2.05, 4.69) is 17.9 Å². The number of hydrogen-bond acceptors (Lipinski definition) is 4. The maximum Gasteiger partial charge on any atom is 0.150 e. The molecule has 1 atom stereocenters. The molecule has 0 radical (unpaired) electrons. The SMILES string of the molecule is COC1(C)CCCN(c2ccc(C=O)cc2C#N)C1. The lowest BCUT2D eigenvalue weighted by Crippen LogP contribution is -2.47. The Hall–Kier alpha value is -1.86. The first-order chi connectivity index (χ1) is 9.11. The minimum Gasteiger partial charge on any atom is -0.377 e. The zero-order valence-electron chi connectivity index (χ0n) is 11.3. The van der Waals surface area contributed by atoms with Crippen LogP contribution in [-0.4, -0.2) is 32.1 Å². The van der Waals surface area contributed by atoms with Crippen molar-refractivity contribution in [3.05, 3.63) is 29.3 Å². The molecule has 1 aromatic carbocycles. The van der Waals surface area contributed by atoms with Gasteiger partial charge in [0.05, 0.1) is 16.9 Å². The molecule has 1 heterocycles. The number of benzene rings is 1. The second kappa shape index (κ2) is 5.41. The van der Waals surface area contributed by atoms with Crippen LogP contribution in [0, 0.1) is 11.3 Å². The van der Waals surface area contributed by atoms with E-state index in [9.17, 15) is 10.1 Å². The fourth-order valence-corrected chi connectivity index (χ4v) is 2.57. The molecule has 1 fully saturated rings. The third-order valence-corrected chi connectivity index (χ3v) is 3.77. The largest absolute Gasteiger partial charge is 0.377 e. The Labute approximate surface area is 113 Å². The molecular formula is C15H18N2O2. The number of rotatable bonds is 3. The van der Waals surface area contributed by atoms with Crippen LogP contribution in [0.3, 0.4) is 0 Å². The number of methoxy groups -OCH3 is 1. The van der Waals surface area contributed by atoms with Gasteiger partial charge in [0.1, 0.15) is 12.4 Å². The van der Waals surface area contributed by atoms with Crippen LogP contribution in [0.4, 0.5) is 5.69 Å². The molecule has 1 aliphatic rings. The van der Waals surface area contributed by atoms with Gasteiger partial charge in [0.15, 0.2) is 0 Å². The molecule has 0 spiro atoms. The molecule has 0 saturated carbocycles. The summed E-state index contributed by atoms with van der Waals surface area (Å²) < 4.78 is 5.57. The van der Waals surface area contributed by atoms with Crippen molar-refractivity contribution in [2.45, 2.75) is 25.4 Å². The maximum absolute atomic E-state index is 10.8. The zero-order valence-corrected chi connectivity index (χ0v) is 11.3. The average Bonchev–Trinajstić information content (AvgIpc) is 2.46. The van der Waals surface area contributed by atoms with Crippen LogP contribution in [-0.2, 0) is 4.74 Å². The molecule has 0 aliphatic carbocycles. The van der Waals surface area contributed by atoms with Crippen LogP contribution in [0.1, 0.15) is 35.7 Å². The standard InChI is InChI=1S/C15H18N2O2/c1-15(19-2)6-3-7-17(11-15)14-5-4-12(10-18)8-13(14)9-16/h4-5,8,10H,3,6-7,11H2,1-2H3. The van der Waals surface area contributed by atoms with Crippen molar-refractivity contribution in [3.8, 4) is 6.07 Å². The van der Waals surface area contributed by atoms with Crippen molar-refractivity contribution in [1.82, 2.24) is 0 Å². The number of ether oxygens (including phenoxy) is 1. The number of anilines is 1. The van der Waals surface area contributed by atoms with Gasteiger partial charge >= 0.3 is 0 Å². The van der Waals surface area contributed by atoms with E-state index in [1.165, 1.54) is 0 Å². The number of hydrogen-bond donors (Lipinski definition) is 0. The smallest absolute Gasteiger partial charge is 0.150 e. The summed E-state index contributed by atoms with van der Waals surface area (Å²) in [5, 5.41) is 9.23. The van der Waals surface area contributed by atoms with Gasteiger partial charge in [-0.25, -0.2) is 0 Å². The number of aldehydes is 1. The van der Waals surface area contributed by atoms with E-state index in [4.69, 9.17) is 4.74 Å². The van der Waals surface area contributed by atoms with Crippen LogP contribution >= 0.6 is 0 Å². The lowest BCUT2D eigenvalue weighted by molar-refractivity contribution is -0.00466. The Morgan fingerprint density at radius 1 is 1.53 bits per heavy atom. The number of piperidine rings is 1. The monoisotopic (exact) mass is 258 g/mol. The number of nitriles is 1. The Morgan fingerprint density at radius 2 is 2.32 bits per heavy atom. The van der Waals surface area contributed by atoms with Crippen LogP contribution in [0.15, 0.2) is 18.2 Å². The van der Waals surface area contributed by atoms with Gasteiger partial charge in [-0.15, -0.1) is 0 Å². The van der Waals surface area contributed by atoms with Crippen LogP contribution in [0.5, 0.6) is 0 Å². The summed E-state index contributed by atoms with van der Waals surface area (Å²) in [5.74, 6) is 0. The summed E-state index contributed by atoms with van der Waals surface area (Å²) in [6, 6.07) is 7.41. The third-order valence-electron chi connectivity index (χ3n) is 3.77. The number of carbonyl (C=O) groups excluding carboxylic acids is 1. The molecule has 1 aromatic rings. The fourth-order valence-electron chi connectivity index (χ4n) is 2.57. The van der Waals surface area contributed by atoms with E-state index in [1.54, 1.807) is 19.2 Å².